The molecule has 1 unspecified atom stereocenters. The average Bonchev–Trinajstić information content (AvgIpc) is 3.04. The molecule has 2 aromatic heterocycles. The van der Waals surface area contributed by atoms with E-state index in [4.69, 9.17) is 16.3 Å². The molecule has 1 atom stereocenters. The maximum atomic E-state index is 14.8. The van der Waals surface area contributed by atoms with Crippen molar-refractivity contribution in [3.63, 3.8) is 0 Å². The number of anilines is 1. The molecule has 0 aliphatic heterocycles. The highest BCUT2D eigenvalue weighted by molar-refractivity contribution is 6.31. The van der Waals surface area contributed by atoms with Crippen LogP contribution < -0.4 is 4.90 Å². The monoisotopic (exact) mass is 430 g/mol. The second-order valence-corrected chi connectivity index (χ2v) is 8.81. The number of aromatic nitrogens is 2. The number of aromatic amines is 1. The molecule has 1 N–H and O–H groups in total. The minimum absolute atomic E-state index is 0.135. The van der Waals surface area contributed by atoms with Gasteiger partial charge >= 0.3 is 6.09 Å². The van der Waals surface area contributed by atoms with E-state index in [9.17, 15) is 14.4 Å². The number of hydrogen-bond donors (Lipinski definition) is 1. The zero-order chi connectivity index (χ0) is 22.2. The van der Waals surface area contributed by atoms with Gasteiger partial charge in [0.1, 0.15) is 23.6 Å². The van der Waals surface area contributed by atoms with Crippen molar-refractivity contribution >= 4 is 45.3 Å². The van der Waals surface area contributed by atoms with Gasteiger partial charge in [0.05, 0.1) is 21.8 Å². The van der Waals surface area contributed by atoms with Crippen molar-refractivity contribution in [2.75, 3.05) is 11.9 Å². The molecular weight excluding hydrogens is 407 g/mol. The predicted molar refractivity (Wildman–Crippen MR) is 116 cm³/mol. The summed E-state index contributed by atoms with van der Waals surface area (Å²) in [5.74, 6) is -0.735. The summed E-state index contributed by atoms with van der Waals surface area (Å²) < 4.78 is 20.6. The van der Waals surface area contributed by atoms with E-state index in [1.165, 1.54) is 18.1 Å². The third-order valence-electron chi connectivity index (χ3n) is 5.13. The number of nitrogens with zero attached hydrogens (tertiary/aromatic N) is 3. The van der Waals surface area contributed by atoms with Gasteiger partial charge < -0.3 is 9.72 Å². The van der Waals surface area contributed by atoms with Gasteiger partial charge in [-0.15, -0.1) is 0 Å². The summed E-state index contributed by atoms with van der Waals surface area (Å²) in [6.07, 6.45) is 2.15. The summed E-state index contributed by atoms with van der Waals surface area (Å²) >= 11 is 6.06. The molecule has 6 nitrogen and oxygen atoms in total. The van der Waals surface area contributed by atoms with Crippen LogP contribution in [0.3, 0.4) is 0 Å². The van der Waals surface area contributed by atoms with Crippen LogP contribution in [0.1, 0.15) is 46.1 Å². The minimum Gasteiger partial charge on any atom is -0.445 e. The van der Waals surface area contributed by atoms with Crippen LogP contribution in [-0.2, 0) is 4.74 Å². The highest BCUT2D eigenvalue weighted by atomic mass is 35.5. The van der Waals surface area contributed by atoms with Gasteiger partial charge in [-0.2, -0.15) is 5.26 Å². The molecule has 0 bridgehead atoms. The molecule has 0 saturated carbocycles. The van der Waals surface area contributed by atoms with Crippen molar-refractivity contribution in [3.8, 4) is 6.07 Å². The average molecular weight is 431 g/mol. The van der Waals surface area contributed by atoms with Gasteiger partial charge in [-0.05, 0) is 17.9 Å². The Balaban J connectivity index is 2.13. The number of H-pyrrole nitrogens is 1. The summed E-state index contributed by atoms with van der Waals surface area (Å²) in [6.45, 7) is 8.05. The summed E-state index contributed by atoms with van der Waals surface area (Å²) in [5.41, 5.74) is 0.742. The number of hydrogen-bond acceptors (Lipinski definition) is 4. The Kier molecular flexibility index (Phi) is 5.91. The van der Waals surface area contributed by atoms with Gasteiger partial charge in [-0.1, -0.05) is 45.7 Å². The molecular formula is C22H24ClFN4O2. The van der Waals surface area contributed by atoms with Crippen LogP contribution in [0.4, 0.5) is 14.9 Å². The number of halogens is 2. The molecule has 0 aliphatic carbocycles. The second kappa shape index (κ2) is 8.11. The molecule has 8 heteroatoms. The first kappa shape index (κ1) is 21.8. The number of amides is 1. The maximum absolute atomic E-state index is 14.8. The quantitative estimate of drug-likeness (QED) is 0.536. The van der Waals surface area contributed by atoms with Crippen LogP contribution in [0.2, 0.25) is 5.02 Å². The Hall–Kier alpha value is -2.85. The number of nitrogens with one attached hydrogen (secondary N) is 1. The first-order valence-corrected chi connectivity index (χ1v) is 10.1. The number of carbonyl (C=O) groups excluding carboxylic acids is 1. The highest BCUT2D eigenvalue weighted by Gasteiger charge is 2.30. The first-order valence-electron chi connectivity index (χ1n) is 9.72. The van der Waals surface area contributed by atoms with Crippen molar-refractivity contribution in [2.45, 2.75) is 46.6 Å². The van der Waals surface area contributed by atoms with Gasteiger partial charge in [-0.3, -0.25) is 4.90 Å². The van der Waals surface area contributed by atoms with Gasteiger partial charge in [0.2, 0.25) is 0 Å². The zero-order valence-corrected chi connectivity index (χ0v) is 18.4. The van der Waals surface area contributed by atoms with Gasteiger partial charge in [0.25, 0.3) is 0 Å². The van der Waals surface area contributed by atoms with Crippen LogP contribution in [-0.4, -0.2) is 29.2 Å². The molecule has 1 aromatic carbocycles. The fourth-order valence-electron chi connectivity index (χ4n) is 3.48. The van der Waals surface area contributed by atoms with E-state index in [1.54, 1.807) is 6.07 Å². The van der Waals surface area contributed by atoms with E-state index in [0.29, 0.717) is 27.0 Å². The topological polar surface area (TPSA) is 82.0 Å². The van der Waals surface area contributed by atoms with Crippen molar-refractivity contribution in [1.29, 1.82) is 5.26 Å². The molecule has 0 aliphatic rings. The molecule has 3 aromatic rings. The van der Waals surface area contributed by atoms with Crippen LogP contribution in [0.25, 0.3) is 21.9 Å². The lowest BCUT2D eigenvalue weighted by atomic mass is 9.86. The van der Waals surface area contributed by atoms with Crippen LogP contribution in [0, 0.1) is 22.6 Å². The van der Waals surface area contributed by atoms with Gasteiger partial charge in [-0.25, -0.2) is 14.2 Å². The highest BCUT2D eigenvalue weighted by Crippen LogP contribution is 2.37. The SMILES string of the molecule is CCCC(OC(=O)N(C)c1cc(F)c(C#N)c2c1[nH]c1ncc(Cl)cc12)C(C)(C)C. The normalized spacial score (nSPS) is 12.7. The lowest BCUT2D eigenvalue weighted by molar-refractivity contribution is 0.0303. The lowest BCUT2D eigenvalue weighted by Crippen LogP contribution is -2.37. The fraction of sp³-hybridized carbons (Fsp3) is 0.409. The number of ether oxygens (including phenoxy) is 1. The smallest absolute Gasteiger partial charge is 0.414 e. The number of nitriles is 1. The van der Waals surface area contributed by atoms with Crippen molar-refractivity contribution in [3.05, 3.63) is 34.7 Å². The van der Waals surface area contributed by atoms with Crippen LogP contribution >= 0.6 is 11.6 Å². The Labute approximate surface area is 179 Å². The van der Waals surface area contributed by atoms with Crippen LogP contribution in [0.5, 0.6) is 0 Å². The number of fused-ring (bicyclic) bond motifs is 3. The van der Waals surface area contributed by atoms with Crippen LogP contribution in [0.15, 0.2) is 18.3 Å². The summed E-state index contributed by atoms with van der Waals surface area (Å²) in [4.78, 5) is 21.5. The van der Waals surface area contributed by atoms with E-state index < -0.39 is 11.9 Å². The Bertz CT molecular complexity index is 1160. The molecule has 1 amide bonds. The standard InChI is InChI=1S/C22H24ClFN4O2/c1-6-7-17(22(2,3)4)30-21(29)28(5)16-9-15(24)14(10-25)18-13-8-12(23)11-26-20(13)27-19(16)18/h8-9,11,17H,6-7H2,1-5H3,(H,26,27). The molecule has 158 valence electrons. The molecule has 3 rings (SSSR count). The van der Waals surface area contributed by atoms with E-state index in [1.807, 2.05) is 33.8 Å². The van der Waals surface area contributed by atoms with Gasteiger partial charge in [0, 0.05) is 30.1 Å². The number of carbonyl (C=O) groups is 1. The third-order valence-corrected chi connectivity index (χ3v) is 5.34. The van der Waals surface area contributed by atoms with E-state index in [2.05, 4.69) is 9.97 Å². The van der Waals surface area contributed by atoms with E-state index >= 15 is 0 Å². The second-order valence-electron chi connectivity index (χ2n) is 8.38. The third kappa shape index (κ3) is 3.92. The number of rotatable bonds is 4. The minimum atomic E-state index is -0.735. The summed E-state index contributed by atoms with van der Waals surface area (Å²) in [6, 6.07) is 4.67. The Morgan fingerprint density at radius 1 is 1.43 bits per heavy atom. The van der Waals surface area contributed by atoms with E-state index in [0.717, 1.165) is 18.9 Å². The molecule has 0 radical (unpaired) electrons. The Morgan fingerprint density at radius 2 is 2.13 bits per heavy atom. The van der Waals surface area contributed by atoms with E-state index in [-0.39, 0.29) is 22.8 Å². The van der Waals surface area contributed by atoms with Crippen molar-refractivity contribution < 1.29 is 13.9 Å². The molecule has 0 spiro atoms. The van der Waals surface area contributed by atoms with Gasteiger partial charge in [0.15, 0.2) is 0 Å². The largest absolute Gasteiger partial charge is 0.445 e. The van der Waals surface area contributed by atoms with Crippen molar-refractivity contribution in [2.24, 2.45) is 5.41 Å². The first-order chi connectivity index (χ1) is 14.1. The molecule has 0 saturated heterocycles. The zero-order valence-electron chi connectivity index (χ0n) is 17.6. The summed E-state index contributed by atoms with van der Waals surface area (Å²) in [5, 5.41) is 10.7. The maximum Gasteiger partial charge on any atom is 0.414 e. The Morgan fingerprint density at radius 3 is 2.73 bits per heavy atom. The van der Waals surface area contributed by atoms with Crippen molar-refractivity contribution in [1.82, 2.24) is 9.97 Å². The lowest BCUT2D eigenvalue weighted by Gasteiger charge is -2.31. The number of pyridine rings is 1. The summed E-state index contributed by atoms with van der Waals surface area (Å²) in [7, 11) is 1.51. The fourth-order valence-corrected chi connectivity index (χ4v) is 3.64. The number of benzene rings is 1. The molecule has 2 heterocycles. The predicted octanol–water partition coefficient (Wildman–Crippen LogP) is 6.17. The molecule has 0 fully saturated rings. The molecule has 30 heavy (non-hydrogen) atoms.